The standard InChI is InChI=1S/C16H19N3OS/c1-11-4-5-14-13(9-11)15(20)19-16(18-14)21-8-6-12(10-21)3-2-7-17/h4-6,8-10,18H,2-3,7,17H2,1H3,(H,19,20). The van der Waals surface area contributed by atoms with Crippen molar-refractivity contribution in [1.29, 1.82) is 0 Å². The first-order valence-corrected chi connectivity index (χ1v) is 8.39. The first-order chi connectivity index (χ1) is 10.2. The topological polar surface area (TPSA) is 74.7 Å². The molecule has 5 heteroatoms. The lowest BCUT2D eigenvalue weighted by atomic mass is 10.2. The molecule has 4 nitrogen and oxygen atoms in total. The normalized spacial score (nSPS) is 18.3. The molecule has 2 aromatic rings. The van der Waals surface area contributed by atoms with Crippen molar-refractivity contribution in [3.05, 3.63) is 61.4 Å². The van der Waals surface area contributed by atoms with E-state index in [2.05, 4.69) is 26.9 Å². The Hall–Kier alpha value is -1.85. The molecule has 3 rings (SSSR count). The minimum Gasteiger partial charge on any atom is -0.336 e. The lowest BCUT2D eigenvalue weighted by Gasteiger charge is -2.01. The number of nitrogens with two attached hydrogens (primary N) is 1. The second kappa shape index (κ2) is 5.87. The SMILES string of the molecule is Cc1ccc2[nH]c(=S3C=CC(CCCN)=C3)[nH]c(=O)c2c1. The Bertz CT molecular complexity index is 871. The van der Waals surface area contributed by atoms with Gasteiger partial charge in [0.2, 0.25) is 0 Å². The average molecular weight is 301 g/mol. The molecule has 1 aliphatic heterocycles. The smallest absolute Gasteiger partial charge is 0.259 e. The number of aromatic nitrogens is 2. The maximum atomic E-state index is 12.2. The summed E-state index contributed by atoms with van der Waals surface area (Å²) in [6, 6.07) is 5.88. The summed E-state index contributed by atoms with van der Waals surface area (Å²) in [7, 11) is -0.190. The molecule has 1 aromatic carbocycles. The largest absolute Gasteiger partial charge is 0.336 e. The molecule has 21 heavy (non-hydrogen) atoms. The van der Waals surface area contributed by atoms with Crippen molar-refractivity contribution in [2.45, 2.75) is 19.8 Å². The van der Waals surface area contributed by atoms with Gasteiger partial charge in [-0.05, 0) is 54.8 Å². The predicted molar refractivity (Wildman–Crippen MR) is 90.0 cm³/mol. The molecular weight excluding hydrogens is 282 g/mol. The Labute approximate surface area is 125 Å². The number of fused-ring (bicyclic) bond motifs is 1. The van der Waals surface area contributed by atoms with Crippen LogP contribution in [0.25, 0.3) is 10.9 Å². The molecule has 0 aliphatic carbocycles. The van der Waals surface area contributed by atoms with E-state index in [-0.39, 0.29) is 16.0 Å². The Morgan fingerprint density at radius 2 is 2.14 bits per heavy atom. The van der Waals surface area contributed by atoms with Gasteiger partial charge in [0.05, 0.1) is 10.9 Å². The first kappa shape index (κ1) is 14.1. The Balaban J connectivity index is 2.12. The Morgan fingerprint density at radius 1 is 1.29 bits per heavy atom. The maximum absolute atomic E-state index is 12.2. The molecule has 0 saturated carbocycles. The summed E-state index contributed by atoms with van der Waals surface area (Å²) in [5.74, 6) is 0. The molecule has 2 heterocycles. The highest BCUT2D eigenvalue weighted by molar-refractivity contribution is 8.14. The summed E-state index contributed by atoms with van der Waals surface area (Å²) in [4.78, 5) is 18.6. The zero-order chi connectivity index (χ0) is 14.8. The second-order valence-electron chi connectivity index (χ2n) is 5.22. The van der Waals surface area contributed by atoms with Crippen molar-refractivity contribution in [1.82, 2.24) is 9.97 Å². The van der Waals surface area contributed by atoms with Crippen LogP contribution in [0, 0.1) is 11.7 Å². The second-order valence-corrected chi connectivity index (χ2v) is 6.88. The minimum atomic E-state index is -0.190. The molecule has 110 valence electrons. The van der Waals surface area contributed by atoms with E-state index in [4.69, 9.17) is 5.73 Å². The number of benzene rings is 1. The lowest BCUT2D eigenvalue weighted by molar-refractivity contribution is 0.838. The van der Waals surface area contributed by atoms with Crippen LogP contribution in [0.3, 0.4) is 0 Å². The third-order valence-corrected chi connectivity index (χ3v) is 5.17. The van der Waals surface area contributed by atoms with Gasteiger partial charge in [-0.2, -0.15) is 0 Å². The van der Waals surface area contributed by atoms with Gasteiger partial charge in [0.1, 0.15) is 4.77 Å². The van der Waals surface area contributed by atoms with E-state index in [0.717, 1.165) is 28.7 Å². The van der Waals surface area contributed by atoms with Crippen molar-refractivity contribution in [2.24, 2.45) is 5.73 Å². The quantitative estimate of drug-likeness (QED) is 0.762. The summed E-state index contributed by atoms with van der Waals surface area (Å²) in [6.45, 7) is 2.69. The van der Waals surface area contributed by atoms with Gasteiger partial charge in [0.15, 0.2) is 0 Å². The fourth-order valence-corrected chi connectivity index (χ4v) is 3.99. The van der Waals surface area contributed by atoms with Crippen molar-refractivity contribution in [3.8, 4) is 0 Å². The van der Waals surface area contributed by atoms with Gasteiger partial charge >= 0.3 is 0 Å². The van der Waals surface area contributed by atoms with Crippen LogP contribution < -0.4 is 11.3 Å². The molecule has 0 spiro atoms. The van der Waals surface area contributed by atoms with E-state index in [1.54, 1.807) is 0 Å². The molecule has 1 aromatic heterocycles. The van der Waals surface area contributed by atoms with E-state index >= 15 is 0 Å². The summed E-state index contributed by atoms with van der Waals surface area (Å²) in [6.07, 6.45) is 4.11. The number of hydrogen-bond donors (Lipinski definition) is 3. The van der Waals surface area contributed by atoms with Crippen LogP contribution in [-0.2, 0) is 0 Å². The van der Waals surface area contributed by atoms with Crippen molar-refractivity contribution < 1.29 is 0 Å². The van der Waals surface area contributed by atoms with E-state index < -0.39 is 0 Å². The number of hydrogen-bond acceptors (Lipinski definition) is 2. The zero-order valence-electron chi connectivity index (χ0n) is 12.0. The molecule has 1 unspecified atom stereocenters. The fourth-order valence-electron chi connectivity index (χ4n) is 2.37. The van der Waals surface area contributed by atoms with E-state index in [9.17, 15) is 4.79 Å². The van der Waals surface area contributed by atoms with Crippen LogP contribution in [0.15, 0.2) is 45.5 Å². The van der Waals surface area contributed by atoms with E-state index in [1.807, 2.05) is 25.1 Å². The van der Waals surface area contributed by atoms with Crippen LogP contribution in [0.2, 0.25) is 0 Å². The predicted octanol–water partition coefficient (Wildman–Crippen LogP) is 3.12. The van der Waals surface area contributed by atoms with E-state index in [0.29, 0.717) is 11.9 Å². The Kier molecular flexibility index (Phi) is 3.94. The zero-order valence-corrected chi connectivity index (χ0v) is 12.8. The minimum absolute atomic E-state index is 0.0350. The highest BCUT2D eigenvalue weighted by Crippen LogP contribution is 2.31. The number of aryl methyl sites for hydroxylation is 1. The molecule has 0 bridgehead atoms. The van der Waals surface area contributed by atoms with Crippen LogP contribution in [-0.4, -0.2) is 16.5 Å². The van der Waals surface area contributed by atoms with Crippen molar-refractivity contribution in [2.75, 3.05) is 6.54 Å². The molecule has 0 radical (unpaired) electrons. The highest BCUT2D eigenvalue weighted by Gasteiger charge is 2.04. The van der Waals surface area contributed by atoms with E-state index in [1.165, 1.54) is 5.57 Å². The van der Waals surface area contributed by atoms with Crippen LogP contribution in [0.4, 0.5) is 0 Å². The molecule has 0 saturated heterocycles. The van der Waals surface area contributed by atoms with Crippen molar-refractivity contribution in [3.63, 3.8) is 0 Å². The summed E-state index contributed by atoms with van der Waals surface area (Å²) in [5, 5.41) is 5.04. The molecular formula is C16H19N3OS. The summed E-state index contributed by atoms with van der Waals surface area (Å²) in [5.41, 5.74) is 8.77. The third kappa shape index (κ3) is 2.94. The monoisotopic (exact) mass is 301 g/mol. The van der Waals surface area contributed by atoms with Gasteiger partial charge in [-0.3, -0.25) is 4.79 Å². The van der Waals surface area contributed by atoms with Gasteiger partial charge in [0, 0.05) is 0 Å². The van der Waals surface area contributed by atoms with Gasteiger partial charge < -0.3 is 15.7 Å². The van der Waals surface area contributed by atoms with Crippen LogP contribution in [0.1, 0.15) is 18.4 Å². The molecule has 1 atom stereocenters. The fraction of sp³-hybridized carbons (Fsp3) is 0.250. The van der Waals surface area contributed by atoms with Crippen LogP contribution in [0.5, 0.6) is 0 Å². The molecule has 4 N–H and O–H groups in total. The van der Waals surface area contributed by atoms with Crippen LogP contribution >= 0.6 is 10.5 Å². The van der Waals surface area contributed by atoms with Gasteiger partial charge in [0.25, 0.3) is 5.56 Å². The average Bonchev–Trinajstić information content (AvgIpc) is 2.94. The summed E-state index contributed by atoms with van der Waals surface area (Å²) >= 11 is 0. The first-order valence-electron chi connectivity index (χ1n) is 7.04. The highest BCUT2D eigenvalue weighted by atomic mass is 32.2. The number of allylic oxidation sites excluding steroid dienone is 2. The molecule has 0 amide bonds. The number of H-pyrrole nitrogens is 2. The number of nitrogens with one attached hydrogen (secondary N) is 2. The van der Waals surface area contributed by atoms with Gasteiger partial charge in [-0.15, -0.1) is 0 Å². The number of aromatic amines is 2. The maximum Gasteiger partial charge on any atom is 0.259 e. The third-order valence-electron chi connectivity index (χ3n) is 3.51. The molecule has 0 fully saturated rings. The van der Waals surface area contributed by atoms with Gasteiger partial charge in [-0.25, -0.2) is 0 Å². The summed E-state index contributed by atoms with van der Waals surface area (Å²) < 4.78 is 0.857. The lowest BCUT2D eigenvalue weighted by Crippen LogP contribution is -2.08. The molecule has 1 aliphatic rings. The number of rotatable bonds is 3. The Morgan fingerprint density at radius 3 is 2.95 bits per heavy atom. The van der Waals surface area contributed by atoms with Gasteiger partial charge in [-0.1, -0.05) is 28.2 Å². The van der Waals surface area contributed by atoms with Crippen molar-refractivity contribution >= 4 is 21.4 Å².